The molecule has 2 unspecified atom stereocenters. The van der Waals surface area contributed by atoms with Crippen molar-refractivity contribution in [3.8, 4) is 23.7 Å². The van der Waals surface area contributed by atoms with E-state index in [1.54, 1.807) is 44.3 Å². The zero-order valence-electron chi connectivity index (χ0n) is 37.9. The summed E-state index contributed by atoms with van der Waals surface area (Å²) in [6.07, 6.45) is 5.78. The number of nitrogens with one attached hydrogen (secondary N) is 2. The van der Waals surface area contributed by atoms with Crippen LogP contribution >= 0.6 is 0 Å². The Morgan fingerprint density at radius 1 is 0.803 bits per heavy atom. The molecule has 1 aliphatic carbocycles. The van der Waals surface area contributed by atoms with Crippen LogP contribution < -0.4 is 20.6 Å². The second-order valence-electron chi connectivity index (χ2n) is 18.2. The van der Waals surface area contributed by atoms with Crippen LogP contribution in [0.1, 0.15) is 89.7 Å². The summed E-state index contributed by atoms with van der Waals surface area (Å²) in [7, 11) is 0. The number of aromatic amines is 1. The number of amides is 1. The molecule has 356 valence electrons. The van der Waals surface area contributed by atoms with Crippen molar-refractivity contribution in [2.45, 2.75) is 68.8 Å². The number of hydrogen-bond acceptors (Lipinski definition) is 14. The van der Waals surface area contributed by atoms with E-state index in [9.17, 15) is 34.6 Å². The van der Waals surface area contributed by atoms with Gasteiger partial charge in [0.2, 0.25) is 17.8 Å². The number of imidazole rings is 3. The van der Waals surface area contributed by atoms with Gasteiger partial charge in [-0.3, -0.25) is 18.5 Å². The molecule has 0 radical (unpaired) electrons. The summed E-state index contributed by atoms with van der Waals surface area (Å²) in [5.41, 5.74) is 7.46. The van der Waals surface area contributed by atoms with Crippen LogP contribution in [0, 0.1) is 17.1 Å². The number of aliphatic hydroxyl groups excluding tert-OH is 3. The highest BCUT2D eigenvalue weighted by Gasteiger charge is 2.45. The Hall–Kier alpha value is -8.38. The van der Waals surface area contributed by atoms with Crippen molar-refractivity contribution >= 4 is 50.6 Å². The third-order valence-electron chi connectivity index (χ3n) is 13.9. The molecule has 9 aromatic rings. The average molecular weight is 954 g/mol. The first-order valence-electron chi connectivity index (χ1n) is 23.4. The summed E-state index contributed by atoms with van der Waals surface area (Å²) in [5, 5.41) is 43.0. The minimum Gasteiger partial charge on any atom is -0.493 e. The van der Waals surface area contributed by atoms with Crippen molar-refractivity contribution in [3.05, 3.63) is 148 Å². The van der Waals surface area contributed by atoms with Gasteiger partial charge in [-0.2, -0.15) is 15.2 Å². The van der Waals surface area contributed by atoms with E-state index in [0.29, 0.717) is 94.5 Å². The largest absolute Gasteiger partial charge is 0.493 e. The van der Waals surface area contributed by atoms with Crippen LogP contribution in [0.2, 0.25) is 0 Å². The molecule has 4 atom stereocenters. The van der Waals surface area contributed by atoms with Crippen LogP contribution in [-0.4, -0.2) is 95.6 Å². The number of H-pyrrole nitrogens is 1. The first-order valence-corrected chi connectivity index (χ1v) is 23.4. The van der Waals surface area contributed by atoms with Gasteiger partial charge in [0.15, 0.2) is 11.5 Å². The number of fused-ring (bicyclic) bond motifs is 6. The summed E-state index contributed by atoms with van der Waals surface area (Å²) in [6.45, 7) is 1.03. The molecular formula is C51H44FN13O6. The van der Waals surface area contributed by atoms with Gasteiger partial charge in [0.1, 0.15) is 35.4 Å². The Morgan fingerprint density at radius 3 is 2.28 bits per heavy atom. The number of nitriles is 1. The van der Waals surface area contributed by atoms with E-state index < -0.39 is 30.5 Å². The molecule has 4 aromatic carbocycles. The van der Waals surface area contributed by atoms with Crippen LogP contribution in [0.3, 0.4) is 0 Å². The number of anilines is 2. The monoisotopic (exact) mass is 953 g/mol. The maximum absolute atomic E-state index is 13.9. The number of rotatable bonds is 6. The number of ether oxygens (including phenoxy) is 1. The predicted molar refractivity (Wildman–Crippen MR) is 257 cm³/mol. The maximum Gasteiger partial charge on any atom is 0.328 e. The lowest BCUT2D eigenvalue weighted by atomic mass is 9.74. The van der Waals surface area contributed by atoms with Gasteiger partial charge in [-0.1, -0.05) is 42.5 Å². The zero-order chi connectivity index (χ0) is 48.5. The molecule has 0 bridgehead atoms. The molecular weight excluding hydrogens is 910 g/mol. The highest BCUT2D eigenvalue weighted by molar-refractivity contribution is 6.06. The topological polar surface area (TPSA) is 251 Å². The fraction of sp³-hybridized carbons (Fsp3) is 0.275. The highest BCUT2D eigenvalue weighted by Crippen LogP contribution is 2.51. The molecule has 13 rings (SSSR count). The molecule has 1 fully saturated rings. The number of β-amino-alcohol motifs (C(OH)–C–C–N with tert-alkyl or cyclic N) is 1. The number of aromatic nitrogens is 10. The lowest BCUT2D eigenvalue weighted by molar-refractivity contribution is -0.117. The van der Waals surface area contributed by atoms with Crippen LogP contribution in [0.4, 0.5) is 15.9 Å². The van der Waals surface area contributed by atoms with E-state index in [1.807, 2.05) is 53.4 Å². The quantitative estimate of drug-likeness (QED) is 0.133. The number of carbonyl (C=O) groups is 1. The first-order chi connectivity index (χ1) is 34.6. The molecule has 5 N–H and O–H groups in total. The summed E-state index contributed by atoms with van der Waals surface area (Å²) < 4.78 is 24.8. The molecule has 1 saturated heterocycles. The molecule has 20 heteroatoms. The number of nitrogens with zero attached hydrogens (tertiary/aromatic N) is 11. The van der Waals surface area contributed by atoms with Gasteiger partial charge in [-0.05, 0) is 79.6 Å². The van der Waals surface area contributed by atoms with Crippen molar-refractivity contribution in [1.29, 1.82) is 5.26 Å². The Balaban J connectivity index is 0.000000146. The Bertz CT molecular complexity index is 3690. The second kappa shape index (κ2) is 17.5. The standard InChI is InChI=1S/C27H23N7O3.C24H21FN6O3/c28-10-14-5-7-19-20(9-14)34(13-29-19)27-31-23-22(18-6-8-21(36)17-4-2-1-3-16(17)18)26(37)30-24(23)25(32-27)33-11-15(35)12-33;25-14-8-9-16-19(11-14)30(13-26-16)23-27-17(12-32)21-22(29-23)31(24(33)28-21)18-6-3-4-10-34-20-7-2-1-5-15(18)20/h1-5,7,9,13,15,18,21-22,35-36H,6,8,11-12H2,(H,30,37);1-2,5,7-9,11,13,18,32H,3-4,6,10,12H2,(H,28,33)/t18-,21-,22?;/m1./s1. The second-order valence-corrected chi connectivity index (χ2v) is 18.2. The number of para-hydroxylation sites is 1. The van der Waals surface area contributed by atoms with Crippen molar-refractivity contribution < 1.29 is 29.2 Å². The molecule has 71 heavy (non-hydrogen) atoms. The minimum absolute atomic E-state index is 0.150. The van der Waals surface area contributed by atoms with Gasteiger partial charge in [0.25, 0.3) is 0 Å². The van der Waals surface area contributed by atoms with Gasteiger partial charge in [-0.15, -0.1) is 0 Å². The first kappa shape index (κ1) is 43.9. The lowest BCUT2D eigenvalue weighted by Gasteiger charge is -2.37. The molecule has 5 aromatic heterocycles. The fourth-order valence-corrected chi connectivity index (χ4v) is 10.5. The van der Waals surface area contributed by atoms with E-state index in [2.05, 4.69) is 31.3 Å². The highest BCUT2D eigenvalue weighted by atomic mass is 19.1. The molecule has 4 aliphatic rings. The summed E-state index contributed by atoms with van der Waals surface area (Å²) >= 11 is 0. The van der Waals surface area contributed by atoms with Crippen molar-refractivity contribution in [1.82, 2.24) is 48.6 Å². The van der Waals surface area contributed by atoms with E-state index in [4.69, 9.17) is 19.7 Å². The van der Waals surface area contributed by atoms with Gasteiger partial charge in [0.05, 0.1) is 82.5 Å². The van der Waals surface area contributed by atoms with Crippen LogP contribution in [0.15, 0.2) is 102 Å². The average Bonchev–Trinajstić information content (AvgIpc) is 4.15. The van der Waals surface area contributed by atoms with Crippen LogP contribution in [0.5, 0.6) is 5.75 Å². The number of benzene rings is 4. The summed E-state index contributed by atoms with van der Waals surface area (Å²) in [5.74, 6) is 0.559. The van der Waals surface area contributed by atoms with Crippen LogP contribution in [-0.2, 0) is 11.4 Å². The number of halogens is 1. The third-order valence-corrected chi connectivity index (χ3v) is 13.9. The van der Waals surface area contributed by atoms with Crippen molar-refractivity contribution in [2.75, 3.05) is 29.9 Å². The predicted octanol–water partition coefficient (Wildman–Crippen LogP) is 5.76. The summed E-state index contributed by atoms with van der Waals surface area (Å²) in [4.78, 5) is 59.1. The van der Waals surface area contributed by atoms with Gasteiger partial charge >= 0.3 is 5.69 Å². The minimum atomic E-state index is -0.556. The third kappa shape index (κ3) is 7.52. The Labute approximate surface area is 402 Å². The lowest BCUT2D eigenvalue weighted by Crippen LogP contribution is -2.51. The number of carbonyl (C=O) groups excluding carboxylic acids is 1. The van der Waals surface area contributed by atoms with E-state index in [1.165, 1.54) is 18.5 Å². The molecule has 0 spiro atoms. The zero-order valence-corrected chi connectivity index (χ0v) is 37.9. The van der Waals surface area contributed by atoms with E-state index >= 15 is 0 Å². The molecule has 8 heterocycles. The molecule has 1 amide bonds. The molecule has 3 aliphatic heterocycles. The molecule has 19 nitrogen and oxygen atoms in total. The van der Waals surface area contributed by atoms with Gasteiger partial charge in [0, 0.05) is 30.6 Å². The van der Waals surface area contributed by atoms with Gasteiger partial charge < -0.3 is 35.3 Å². The normalized spacial score (nSPS) is 19.6. The van der Waals surface area contributed by atoms with Crippen LogP contribution in [0.25, 0.3) is 45.1 Å². The van der Waals surface area contributed by atoms with E-state index in [0.717, 1.165) is 41.7 Å². The van der Waals surface area contributed by atoms with Crippen molar-refractivity contribution in [2.24, 2.45) is 0 Å². The smallest absolute Gasteiger partial charge is 0.328 e. The Morgan fingerprint density at radius 2 is 1.52 bits per heavy atom. The fourth-order valence-electron chi connectivity index (χ4n) is 10.5. The molecule has 0 saturated carbocycles. The maximum atomic E-state index is 13.9. The SMILES string of the molecule is N#Cc1ccc2ncn(-c3nc4c(c(N5CC(O)C5)n3)NC(=O)C4[C@@H]3CC[C@@H](O)c4ccccc43)c2c1.O=c1[nH]c2c(CO)nc(-n3cnc4ccc(F)cc43)nc2n1C1CCCCOc2ccccc21. The number of hydrogen-bond donors (Lipinski definition) is 5. The van der Waals surface area contributed by atoms with Crippen molar-refractivity contribution in [3.63, 3.8) is 0 Å². The summed E-state index contributed by atoms with van der Waals surface area (Å²) in [6, 6.07) is 26.7. The van der Waals surface area contributed by atoms with E-state index in [-0.39, 0.29) is 35.2 Å². The number of aliphatic hydroxyl groups is 3. The van der Waals surface area contributed by atoms with Gasteiger partial charge in [-0.25, -0.2) is 29.1 Å². The Kier molecular flexibility index (Phi) is 10.8.